The summed E-state index contributed by atoms with van der Waals surface area (Å²) in [7, 11) is 4.60. The molecule has 0 saturated carbocycles. The highest BCUT2D eigenvalue weighted by atomic mass is 14.7. The molecule has 0 radical (unpaired) electrons. The van der Waals surface area contributed by atoms with E-state index in [1.165, 1.54) is 16.7 Å². The van der Waals surface area contributed by atoms with E-state index in [0.29, 0.717) is 5.92 Å². The molecule has 0 atom stereocenters. The topological polar surface area (TPSA) is 12.9 Å². The van der Waals surface area contributed by atoms with E-state index in [-0.39, 0.29) is 5.21 Å². The van der Waals surface area contributed by atoms with Crippen molar-refractivity contribution < 1.29 is 0 Å². The second-order valence-corrected chi connectivity index (χ2v) is 6.12. The molecule has 3 heteroatoms. The predicted octanol–water partition coefficient (Wildman–Crippen LogP) is 2.13. The van der Waals surface area contributed by atoms with Gasteiger partial charge in [0, 0.05) is 11.8 Å². The summed E-state index contributed by atoms with van der Waals surface area (Å²) in [6, 6.07) is 12.8. The van der Waals surface area contributed by atoms with Crippen LogP contribution in [0.25, 0.3) is 11.3 Å². The molecule has 2 rings (SSSR count). The van der Waals surface area contributed by atoms with Crippen molar-refractivity contribution in [3.8, 4) is 11.3 Å². The van der Waals surface area contributed by atoms with Gasteiger partial charge in [0.15, 0.2) is 0 Å². The molecule has 1 nitrogen and oxygen atoms in total. The van der Waals surface area contributed by atoms with E-state index in [9.17, 15) is 0 Å². The van der Waals surface area contributed by atoms with Crippen molar-refractivity contribution in [2.24, 2.45) is 5.92 Å². The Morgan fingerprint density at radius 3 is 2.42 bits per heavy atom. The summed E-state index contributed by atoms with van der Waals surface area (Å²) in [5.41, 5.74) is 4.93. The Kier molecular flexibility index (Phi) is 3.84. The summed E-state index contributed by atoms with van der Waals surface area (Å²) >= 11 is 0. The Hall–Kier alpha value is -1.50. The van der Waals surface area contributed by atoms with Crippen LogP contribution in [0, 0.1) is 12.8 Å². The largest absolute Gasteiger partial charge is 0.256 e. The molecule has 0 unspecified atom stereocenters. The van der Waals surface area contributed by atoms with Crippen molar-refractivity contribution in [1.82, 2.24) is 4.98 Å². The van der Waals surface area contributed by atoms with E-state index in [4.69, 9.17) is 0 Å². The first-order valence-electron chi connectivity index (χ1n) is 6.95. The zero-order valence-corrected chi connectivity index (χ0v) is 12.6. The van der Waals surface area contributed by atoms with Gasteiger partial charge in [0.1, 0.15) is 15.7 Å². The van der Waals surface area contributed by atoms with Crippen molar-refractivity contribution >= 4 is 15.7 Å². The molecule has 0 bridgehead atoms. The molecule has 0 fully saturated rings. The minimum absolute atomic E-state index is 0.167. The summed E-state index contributed by atoms with van der Waals surface area (Å²) in [5.74, 6) is 0.597. The van der Waals surface area contributed by atoms with Crippen LogP contribution < -0.4 is 0 Å². The molecule has 1 aromatic carbocycles. The molecule has 0 spiro atoms. The first kappa shape index (κ1) is 13.9. The number of benzene rings is 1. The smallest absolute Gasteiger partial charge is 0.105 e. The highest BCUT2D eigenvalue weighted by molar-refractivity contribution is 6.40. The highest BCUT2D eigenvalue weighted by Gasteiger charge is 2.25. The fourth-order valence-corrected chi connectivity index (χ4v) is 2.17. The van der Waals surface area contributed by atoms with Crippen LogP contribution in [0.4, 0.5) is 0 Å². The first-order valence-corrected chi connectivity index (χ1v) is 6.95. The Balaban J connectivity index is 2.49. The predicted molar refractivity (Wildman–Crippen MR) is 88.0 cm³/mol. The summed E-state index contributed by atoms with van der Waals surface area (Å²) < 4.78 is 0. The van der Waals surface area contributed by atoms with E-state index < -0.39 is 0 Å². The van der Waals surface area contributed by atoms with Gasteiger partial charge in [-0.1, -0.05) is 54.8 Å². The molecule has 1 aromatic heterocycles. The van der Waals surface area contributed by atoms with Crippen molar-refractivity contribution in [1.29, 1.82) is 0 Å². The van der Waals surface area contributed by atoms with Gasteiger partial charge < -0.3 is 0 Å². The summed E-state index contributed by atoms with van der Waals surface area (Å²) in [4.78, 5) is 4.54. The summed E-state index contributed by atoms with van der Waals surface area (Å²) in [6.07, 6.45) is 1.93. The van der Waals surface area contributed by atoms with Gasteiger partial charge in [0.05, 0.1) is 5.69 Å². The molecule has 0 saturated heterocycles. The summed E-state index contributed by atoms with van der Waals surface area (Å²) in [5, 5.41) is 0.167. The van der Waals surface area contributed by atoms with Crippen LogP contribution in [0.1, 0.15) is 25.0 Å². The van der Waals surface area contributed by atoms with E-state index in [2.05, 4.69) is 77.8 Å². The number of hydrogen-bond acceptors (Lipinski definition) is 1. The number of nitrogens with zero attached hydrogens (tertiary/aromatic N) is 1. The number of aromatic nitrogens is 1. The van der Waals surface area contributed by atoms with Crippen molar-refractivity contribution in [3.63, 3.8) is 0 Å². The lowest BCUT2D eigenvalue weighted by atomic mass is 9.46. The van der Waals surface area contributed by atoms with Gasteiger partial charge in [-0.3, -0.25) is 4.98 Å². The molecule has 0 aliphatic heterocycles. The normalized spacial score (nSPS) is 11.8. The average Bonchev–Trinajstić information content (AvgIpc) is 2.39. The van der Waals surface area contributed by atoms with Gasteiger partial charge in [-0.15, -0.1) is 0 Å². The third kappa shape index (κ3) is 2.75. The number of pyridine rings is 1. The second kappa shape index (κ2) is 5.24. The van der Waals surface area contributed by atoms with Crippen molar-refractivity contribution in [3.05, 3.63) is 53.7 Å². The van der Waals surface area contributed by atoms with Crippen molar-refractivity contribution in [2.45, 2.75) is 26.0 Å². The first-order chi connectivity index (χ1) is 8.93. The Labute approximate surface area is 118 Å². The molecule has 96 valence electrons. The Bertz CT molecular complexity index is 576. The molecule has 0 aliphatic rings. The van der Waals surface area contributed by atoms with Crippen LogP contribution in [0.3, 0.4) is 0 Å². The maximum Gasteiger partial charge on any atom is 0.105 e. The summed E-state index contributed by atoms with van der Waals surface area (Å²) in [6.45, 7) is 6.68. The number of hydrogen-bond donors (Lipinski definition) is 0. The van der Waals surface area contributed by atoms with Gasteiger partial charge in [-0.25, -0.2) is 0 Å². The van der Waals surface area contributed by atoms with E-state index in [0.717, 1.165) is 5.69 Å². The van der Waals surface area contributed by atoms with E-state index in [1.54, 1.807) is 0 Å². The molecule has 19 heavy (non-hydrogen) atoms. The third-order valence-corrected chi connectivity index (χ3v) is 4.37. The molecule has 0 N–H and O–H groups in total. The minimum Gasteiger partial charge on any atom is -0.256 e. The van der Waals surface area contributed by atoms with Gasteiger partial charge in [-0.05, 0) is 24.6 Å². The van der Waals surface area contributed by atoms with Crippen LogP contribution in [-0.2, 0) is 5.21 Å². The van der Waals surface area contributed by atoms with Gasteiger partial charge >= 0.3 is 0 Å². The van der Waals surface area contributed by atoms with Gasteiger partial charge in [0.25, 0.3) is 0 Å². The standard InChI is InChI=1S/C16H21B2N/c1-11(2)16(17,18)13-8-9-19-15(10-13)14-7-5-4-6-12(14)3/h4-11H,17-18H2,1-3H3. The fourth-order valence-electron chi connectivity index (χ4n) is 2.17. The maximum atomic E-state index is 4.54. The van der Waals surface area contributed by atoms with Crippen LogP contribution in [-0.4, -0.2) is 20.7 Å². The zero-order chi connectivity index (χ0) is 14.0. The van der Waals surface area contributed by atoms with Gasteiger partial charge in [0.2, 0.25) is 0 Å². The molecular weight excluding hydrogens is 228 g/mol. The lowest BCUT2D eigenvalue weighted by Gasteiger charge is -2.30. The van der Waals surface area contributed by atoms with Crippen LogP contribution in [0.15, 0.2) is 42.6 Å². The van der Waals surface area contributed by atoms with Crippen LogP contribution in [0.5, 0.6) is 0 Å². The molecule has 0 amide bonds. The average molecular weight is 249 g/mol. The fraction of sp³-hybridized carbons (Fsp3) is 0.312. The van der Waals surface area contributed by atoms with Crippen molar-refractivity contribution in [2.75, 3.05) is 0 Å². The Morgan fingerprint density at radius 2 is 1.79 bits per heavy atom. The zero-order valence-electron chi connectivity index (χ0n) is 12.6. The minimum atomic E-state index is 0.167. The Morgan fingerprint density at radius 1 is 1.11 bits per heavy atom. The lowest BCUT2D eigenvalue weighted by Crippen LogP contribution is -2.33. The van der Waals surface area contributed by atoms with Crippen LogP contribution in [0.2, 0.25) is 0 Å². The third-order valence-electron chi connectivity index (χ3n) is 4.37. The molecule has 0 aliphatic carbocycles. The highest BCUT2D eigenvalue weighted by Crippen LogP contribution is 2.29. The van der Waals surface area contributed by atoms with Crippen LogP contribution >= 0.6 is 0 Å². The molecule has 1 heterocycles. The maximum absolute atomic E-state index is 4.54. The molecular formula is C16H21B2N. The lowest BCUT2D eigenvalue weighted by molar-refractivity contribution is 0.570. The van der Waals surface area contributed by atoms with Gasteiger partial charge in [-0.2, -0.15) is 0 Å². The SMILES string of the molecule is BC(B)(c1ccnc(-c2ccccc2C)c1)C(C)C. The second-order valence-electron chi connectivity index (χ2n) is 6.12. The number of rotatable bonds is 3. The number of aryl methyl sites for hydroxylation is 1. The quantitative estimate of drug-likeness (QED) is 0.759. The van der Waals surface area contributed by atoms with E-state index >= 15 is 0 Å². The monoisotopic (exact) mass is 249 g/mol. The molecule has 2 aromatic rings. The van der Waals surface area contributed by atoms with E-state index in [1.807, 2.05) is 6.20 Å².